The highest BCUT2D eigenvalue weighted by atomic mass is 16.5. The predicted molar refractivity (Wildman–Crippen MR) is 98.0 cm³/mol. The molecule has 4 heteroatoms. The van der Waals surface area contributed by atoms with Crippen LogP contribution in [-0.4, -0.2) is 23.4 Å². The van der Waals surface area contributed by atoms with Crippen LogP contribution in [0.5, 0.6) is 0 Å². The number of methoxy groups -OCH3 is 1. The average molecular weight is 327 g/mol. The number of rotatable bonds is 4. The zero-order valence-corrected chi connectivity index (χ0v) is 13.7. The van der Waals surface area contributed by atoms with Gasteiger partial charge in [-0.25, -0.2) is 9.97 Å². The average Bonchev–Trinajstić information content (AvgIpc) is 2.67. The van der Waals surface area contributed by atoms with Gasteiger partial charge in [0.15, 0.2) is 0 Å². The van der Waals surface area contributed by atoms with E-state index >= 15 is 0 Å². The van der Waals surface area contributed by atoms with E-state index in [1.165, 1.54) is 0 Å². The number of ether oxygens (including phenoxy) is 1. The number of pyridine rings is 2. The summed E-state index contributed by atoms with van der Waals surface area (Å²) in [6.07, 6.45) is 2.01. The summed E-state index contributed by atoms with van der Waals surface area (Å²) in [6.45, 7) is 0.482. The van der Waals surface area contributed by atoms with Gasteiger partial charge in [-0.05, 0) is 29.8 Å². The molecular formula is C21H15N2O2+. The summed E-state index contributed by atoms with van der Waals surface area (Å²) in [7, 11) is 1.67. The molecule has 0 spiro atoms. The fourth-order valence-electron chi connectivity index (χ4n) is 3.04. The molecule has 0 fully saturated rings. The Morgan fingerprint density at radius 1 is 0.880 bits per heavy atom. The third-order valence-electron chi connectivity index (χ3n) is 4.19. The third-order valence-corrected chi connectivity index (χ3v) is 4.19. The molecule has 2 aromatic heterocycles. The number of para-hydroxylation sites is 2. The monoisotopic (exact) mass is 327 g/mol. The molecule has 0 aliphatic rings. The van der Waals surface area contributed by atoms with Gasteiger partial charge in [0.25, 0.3) is 0 Å². The van der Waals surface area contributed by atoms with E-state index in [-0.39, 0.29) is 0 Å². The first-order valence-corrected chi connectivity index (χ1v) is 7.96. The van der Waals surface area contributed by atoms with Gasteiger partial charge in [-0.1, -0.05) is 24.3 Å². The number of hydrogen-bond donors (Lipinski definition) is 0. The SMILES string of the molecule is COCc1cc(-c2cc([C+]=O)c3ccccc3n2)nc2ccccc12. The van der Waals surface area contributed by atoms with Crippen LogP contribution in [0.4, 0.5) is 0 Å². The van der Waals surface area contributed by atoms with Gasteiger partial charge < -0.3 is 4.74 Å². The van der Waals surface area contributed by atoms with Crippen LogP contribution >= 0.6 is 0 Å². The smallest absolute Gasteiger partial charge is 0.303 e. The van der Waals surface area contributed by atoms with Gasteiger partial charge >= 0.3 is 6.29 Å². The Hall–Kier alpha value is -3.20. The van der Waals surface area contributed by atoms with Crippen molar-refractivity contribution in [3.05, 3.63) is 71.8 Å². The van der Waals surface area contributed by atoms with Crippen LogP contribution in [0, 0.1) is 0 Å². The van der Waals surface area contributed by atoms with Crippen LogP contribution in [0.15, 0.2) is 60.7 Å². The molecular weight excluding hydrogens is 312 g/mol. The number of aromatic nitrogens is 2. The second kappa shape index (κ2) is 6.36. The Balaban J connectivity index is 1.98. The first-order chi connectivity index (χ1) is 12.3. The zero-order valence-electron chi connectivity index (χ0n) is 13.7. The summed E-state index contributed by atoms with van der Waals surface area (Å²) in [6, 6.07) is 19.2. The molecule has 0 bridgehead atoms. The molecule has 4 aromatic rings. The van der Waals surface area contributed by atoms with Crippen molar-refractivity contribution in [1.29, 1.82) is 0 Å². The minimum Gasteiger partial charge on any atom is -0.380 e. The highest BCUT2D eigenvalue weighted by Gasteiger charge is 2.17. The van der Waals surface area contributed by atoms with Crippen LogP contribution in [0.2, 0.25) is 0 Å². The van der Waals surface area contributed by atoms with Crippen molar-refractivity contribution < 1.29 is 9.53 Å². The minimum absolute atomic E-state index is 0.482. The van der Waals surface area contributed by atoms with Gasteiger partial charge in [0, 0.05) is 18.6 Å². The van der Waals surface area contributed by atoms with Crippen molar-refractivity contribution in [2.75, 3.05) is 7.11 Å². The number of benzene rings is 2. The number of nitrogens with zero attached hydrogens (tertiary/aromatic N) is 2. The predicted octanol–water partition coefficient (Wildman–Crippen LogP) is 4.05. The summed E-state index contributed by atoms with van der Waals surface area (Å²) in [4.78, 5) is 20.8. The third kappa shape index (κ3) is 2.74. The molecule has 4 rings (SSSR count). The maximum atomic E-state index is 11.4. The fourth-order valence-corrected chi connectivity index (χ4v) is 3.04. The summed E-state index contributed by atoms with van der Waals surface area (Å²) in [5.74, 6) is 0. The van der Waals surface area contributed by atoms with Crippen molar-refractivity contribution >= 4 is 28.1 Å². The van der Waals surface area contributed by atoms with E-state index in [1.807, 2.05) is 60.9 Å². The van der Waals surface area contributed by atoms with Gasteiger partial charge in [-0.15, -0.1) is 4.79 Å². The Kier molecular flexibility index (Phi) is 3.90. The largest absolute Gasteiger partial charge is 0.380 e. The molecule has 2 aromatic carbocycles. The van der Waals surface area contributed by atoms with E-state index < -0.39 is 0 Å². The number of fused-ring (bicyclic) bond motifs is 2. The van der Waals surface area contributed by atoms with Gasteiger partial charge in [-0.3, -0.25) is 0 Å². The highest BCUT2D eigenvalue weighted by Crippen LogP contribution is 2.27. The van der Waals surface area contributed by atoms with Crippen LogP contribution in [-0.2, 0) is 16.1 Å². The summed E-state index contributed by atoms with van der Waals surface area (Å²) < 4.78 is 5.33. The van der Waals surface area contributed by atoms with Gasteiger partial charge in [0.05, 0.1) is 18.2 Å². The van der Waals surface area contributed by atoms with Crippen LogP contribution in [0.25, 0.3) is 33.2 Å². The first-order valence-electron chi connectivity index (χ1n) is 7.96. The molecule has 0 amide bonds. The fraction of sp³-hybridized carbons (Fsp3) is 0.0952. The summed E-state index contributed by atoms with van der Waals surface area (Å²) in [5, 5.41) is 1.84. The molecule has 0 saturated carbocycles. The molecule has 0 radical (unpaired) electrons. The van der Waals surface area contributed by atoms with E-state index in [4.69, 9.17) is 9.72 Å². The van der Waals surface area contributed by atoms with E-state index in [0.717, 1.165) is 27.4 Å². The number of carbonyl (C=O) groups excluding carboxylic acids is 1. The highest BCUT2D eigenvalue weighted by molar-refractivity contribution is 5.98. The topological polar surface area (TPSA) is 52.1 Å². The molecule has 0 atom stereocenters. The molecule has 2 heterocycles. The Morgan fingerprint density at radius 2 is 1.48 bits per heavy atom. The Labute approximate surface area is 145 Å². The van der Waals surface area contributed by atoms with E-state index in [1.54, 1.807) is 13.2 Å². The van der Waals surface area contributed by atoms with E-state index in [9.17, 15) is 4.79 Å². The van der Waals surface area contributed by atoms with E-state index in [0.29, 0.717) is 23.6 Å². The molecule has 4 nitrogen and oxygen atoms in total. The van der Waals surface area contributed by atoms with Crippen LogP contribution in [0.3, 0.4) is 0 Å². The molecule has 0 aliphatic heterocycles. The summed E-state index contributed by atoms with van der Waals surface area (Å²) >= 11 is 0. The lowest BCUT2D eigenvalue weighted by molar-refractivity contribution is 0.186. The van der Waals surface area contributed by atoms with Crippen molar-refractivity contribution in [3.8, 4) is 11.4 Å². The van der Waals surface area contributed by atoms with Gasteiger partial charge in [0.2, 0.25) is 5.56 Å². The molecule has 0 saturated heterocycles. The maximum Gasteiger partial charge on any atom is 0.303 e. The first kappa shape index (κ1) is 15.3. The molecule has 0 unspecified atom stereocenters. The van der Waals surface area contributed by atoms with E-state index in [2.05, 4.69) is 4.98 Å². The van der Waals surface area contributed by atoms with Crippen LogP contribution < -0.4 is 0 Å². The lowest BCUT2D eigenvalue weighted by atomic mass is 10.0. The number of hydrogen-bond acceptors (Lipinski definition) is 4. The lowest BCUT2D eigenvalue weighted by Gasteiger charge is -2.08. The quantitative estimate of drug-likeness (QED) is 0.531. The molecule has 0 aliphatic carbocycles. The van der Waals surface area contributed by atoms with Crippen LogP contribution in [0.1, 0.15) is 11.1 Å². The second-order valence-electron chi connectivity index (χ2n) is 5.79. The molecule has 120 valence electrons. The van der Waals surface area contributed by atoms with Gasteiger partial charge in [-0.2, -0.15) is 0 Å². The summed E-state index contributed by atoms with van der Waals surface area (Å²) in [5.41, 5.74) is 4.52. The van der Waals surface area contributed by atoms with Crippen molar-refractivity contribution in [1.82, 2.24) is 9.97 Å². The second-order valence-corrected chi connectivity index (χ2v) is 5.79. The van der Waals surface area contributed by atoms with Crippen molar-refractivity contribution in [2.45, 2.75) is 6.61 Å². The normalized spacial score (nSPS) is 10.9. The van der Waals surface area contributed by atoms with Gasteiger partial charge in [0.1, 0.15) is 22.3 Å². The molecule has 0 N–H and O–H groups in total. The van der Waals surface area contributed by atoms with Crippen molar-refractivity contribution in [2.24, 2.45) is 0 Å². The minimum atomic E-state index is 0.482. The standard InChI is InChI=1S/C21H15N2O2/c1-25-13-15-11-21(23-19-9-5-3-7-17(15)19)20-10-14(12-24)16-6-2-4-8-18(16)22-20/h2-11H,13H2,1H3/q+1. The lowest BCUT2D eigenvalue weighted by Crippen LogP contribution is -1.97. The Morgan fingerprint density at radius 3 is 2.16 bits per heavy atom. The zero-order chi connectivity index (χ0) is 17.2. The Bertz CT molecular complexity index is 1090. The molecule has 25 heavy (non-hydrogen) atoms. The van der Waals surface area contributed by atoms with Crippen molar-refractivity contribution in [3.63, 3.8) is 0 Å². The maximum absolute atomic E-state index is 11.4.